The van der Waals surface area contributed by atoms with Crippen LogP contribution in [0.4, 0.5) is 0 Å². The highest BCUT2D eigenvalue weighted by atomic mass is 32.2. The van der Waals surface area contributed by atoms with Gasteiger partial charge in [0.15, 0.2) is 0 Å². The van der Waals surface area contributed by atoms with Crippen LogP contribution < -0.4 is 4.72 Å². The summed E-state index contributed by atoms with van der Waals surface area (Å²) in [5.74, 6) is -0.210. The lowest BCUT2D eigenvalue weighted by Gasteiger charge is -2.08. The Hall–Kier alpha value is -2.35. The second-order valence-corrected chi connectivity index (χ2v) is 9.23. The Bertz CT molecular complexity index is 1060. The zero-order valence-electron chi connectivity index (χ0n) is 15.2. The van der Waals surface area contributed by atoms with E-state index in [1.54, 1.807) is 23.9 Å². The molecule has 5 nitrogen and oxygen atoms in total. The molecular weight excluding hydrogens is 394 g/mol. The zero-order valence-corrected chi connectivity index (χ0v) is 16.8. The van der Waals surface area contributed by atoms with Crippen molar-refractivity contribution in [3.05, 3.63) is 72.3 Å². The van der Waals surface area contributed by atoms with Gasteiger partial charge < -0.3 is 5.11 Å². The normalized spacial score (nSPS) is 11.6. The van der Waals surface area contributed by atoms with Gasteiger partial charge in [-0.1, -0.05) is 42.5 Å². The average molecular weight is 416 g/mol. The number of carbonyl (C=O) groups is 1. The maximum atomic E-state index is 12.5. The summed E-state index contributed by atoms with van der Waals surface area (Å²) in [6, 6.07) is 20.4. The van der Waals surface area contributed by atoms with Crippen LogP contribution in [0.2, 0.25) is 0 Å². The molecule has 0 fully saturated rings. The van der Waals surface area contributed by atoms with Crippen molar-refractivity contribution in [1.29, 1.82) is 0 Å². The van der Waals surface area contributed by atoms with Crippen LogP contribution in [0.3, 0.4) is 0 Å². The van der Waals surface area contributed by atoms with Crippen LogP contribution in [-0.4, -0.2) is 31.8 Å². The van der Waals surface area contributed by atoms with Gasteiger partial charge in [0.2, 0.25) is 10.0 Å². The van der Waals surface area contributed by atoms with Crippen molar-refractivity contribution in [2.75, 3.05) is 12.3 Å². The van der Waals surface area contributed by atoms with E-state index in [2.05, 4.69) is 4.72 Å². The van der Waals surface area contributed by atoms with E-state index in [1.165, 1.54) is 0 Å². The summed E-state index contributed by atoms with van der Waals surface area (Å²) in [6.07, 6.45) is 0.620. The van der Waals surface area contributed by atoms with Gasteiger partial charge in [0.25, 0.3) is 0 Å². The van der Waals surface area contributed by atoms with Crippen molar-refractivity contribution < 1.29 is 18.3 Å². The van der Waals surface area contributed by atoms with E-state index in [0.29, 0.717) is 18.7 Å². The van der Waals surface area contributed by atoms with Crippen molar-refractivity contribution in [3.63, 3.8) is 0 Å². The largest absolute Gasteiger partial charge is 0.481 e. The van der Waals surface area contributed by atoms with E-state index in [9.17, 15) is 13.2 Å². The molecule has 146 valence electrons. The number of carboxylic acids is 1. The molecule has 0 radical (unpaired) electrons. The minimum absolute atomic E-state index is 0.114. The summed E-state index contributed by atoms with van der Waals surface area (Å²) < 4.78 is 27.6. The molecule has 0 saturated carbocycles. The number of nitrogens with one attached hydrogen (secondary N) is 1. The highest BCUT2D eigenvalue weighted by molar-refractivity contribution is 7.99. The number of carboxylic acid groups (broad SMARTS) is 1. The van der Waals surface area contributed by atoms with E-state index in [-0.39, 0.29) is 11.3 Å². The van der Waals surface area contributed by atoms with Crippen molar-refractivity contribution in [3.8, 4) is 0 Å². The van der Waals surface area contributed by atoms with E-state index in [0.717, 1.165) is 21.2 Å². The predicted molar refractivity (Wildman–Crippen MR) is 112 cm³/mol. The molecule has 0 unspecified atom stereocenters. The van der Waals surface area contributed by atoms with Crippen molar-refractivity contribution in [1.82, 2.24) is 4.72 Å². The lowest BCUT2D eigenvalue weighted by molar-refractivity contribution is -0.136. The number of aryl methyl sites for hydroxylation is 1. The number of rotatable bonds is 9. The molecule has 0 heterocycles. The van der Waals surface area contributed by atoms with Crippen LogP contribution in [0, 0.1) is 0 Å². The molecule has 3 rings (SSSR count). The highest BCUT2D eigenvalue weighted by Gasteiger charge is 2.13. The molecule has 0 aliphatic carbocycles. The smallest absolute Gasteiger partial charge is 0.303 e. The number of sulfonamides is 1. The Kier molecular flexibility index (Phi) is 6.72. The predicted octanol–water partition coefficient (Wildman–Crippen LogP) is 3.93. The Balaban J connectivity index is 1.51. The molecule has 7 heteroatoms. The van der Waals surface area contributed by atoms with E-state index >= 15 is 0 Å². The van der Waals surface area contributed by atoms with Crippen molar-refractivity contribution in [2.24, 2.45) is 0 Å². The fourth-order valence-corrected chi connectivity index (χ4v) is 4.73. The molecule has 0 aliphatic rings. The standard InChI is InChI=1S/C21H21NO4S2/c23-21(24)12-7-16-5-9-19(10-6-16)27-14-13-22-28(25,26)20-11-8-17-3-1-2-4-18(17)15-20/h1-6,8-11,15,22H,7,12-14H2,(H,23,24). The molecule has 28 heavy (non-hydrogen) atoms. The summed E-state index contributed by atoms with van der Waals surface area (Å²) in [6.45, 7) is 0.320. The first-order valence-electron chi connectivity index (χ1n) is 8.86. The van der Waals surface area contributed by atoms with Crippen LogP contribution in [0.1, 0.15) is 12.0 Å². The van der Waals surface area contributed by atoms with Gasteiger partial charge in [-0.25, -0.2) is 13.1 Å². The Morgan fingerprint density at radius 2 is 1.68 bits per heavy atom. The summed E-state index contributed by atoms with van der Waals surface area (Å²) in [4.78, 5) is 11.9. The van der Waals surface area contributed by atoms with Gasteiger partial charge in [0.1, 0.15) is 0 Å². The molecule has 0 bridgehead atoms. The quantitative estimate of drug-likeness (QED) is 0.409. The molecule has 0 amide bonds. The van der Waals surface area contributed by atoms with Crippen LogP contribution in [-0.2, 0) is 21.2 Å². The third-order valence-corrected chi connectivity index (χ3v) is 6.72. The van der Waals surface area contributed by atoms with Crippen LogP contribution in [0.5, 0.6) is 0 Å². The monoisotopic (exact) mass is 415 g/mol. The lowest BCUT2D eigenvalue weighted by Crippen LogP contribution is -2.26. The number of benzene rings is 3. The van der Waals surface area contributed by atoms with Gasteiger partial charge in [-0.2, -0.15) is 0 Å². The summed E-state index contributed by atoms with van der Waals surface area (Å²) in [7, 11) is -3.55. The van der Waals surface area contributed by atoms with E-state index in [4.69, 9.17) is 5.11 Å². The zero-order chi connectivity index (χ0) is 20.0. The molecule has 3 aromatic rings. The van der Waals surface area contributed by atoms with Crippen molar-refractivity contribution >= 4 is 38.5 Å². The van der Waals surface area contributed by atoms with Gasteiger partial charge in [0, 0.05) is 23.6 Å². The van der Waals surface area contributed by atoms with Gasteiger partial charge in [-0.05, 0) is 47.0 Å². The molecular formula is C21H21NO4S2. The minimum Gasteiger partial charge on any atom is -0.481 e. The molecule has 0 atom stereocenters. The van der Waals surface area contributed by atoms with Gasteiger partial charge in [0.05, 0.1) is 4.90 Å². The molecule has 2 N–H and O–H groups in total. The minimum atomic E-state index is -3.55. The van der Waals surface area contributed by atoms with Gasteiger partial charge in [-0.15, -0.1) is 11.8 Å². The molecule has 3 aromatic carbocycles. The van der Waals surface area contributed by atoms with Crippen LogP contribution in [0.25, 0.3) is 10.8 Å². The Morgan fingerprint density at radius 3 is 2.39 bits per heavy atom. The second-order valence-electron chi connectivity index (χ2n) is 6.29. The van der Waals surface area contributed by atoms with E-state index < -0.39 is 16.0 Å². The Morgan fingerprint density at radius 1 is 0.964 bits per heavy atom. The third kappa shape index (κ3) is 5.58. The van der Waals surface area contributed by atoms with Crippen LogP contribution in [0.15, 0.2) is 76.5 Å². The number of hydrogen-bond donors (Lipinski definition) is 2. The molecule has 0 aliphatic heterocycles. The highest BCUT2D eigenvalue weighted by Crippen LogP contribution is 2.20. The number of hydrogen-bond acceptors (Lipinski definition) is 4. The first-order valence-corrected chi connectivity index (χ1v) is 11.3. The summed E-state index contributed by atoms with van der Waals surface area (Å²) in [5, 5.41) is 10.6. The fourth-order valence-electron chi connectivity index (χ4n) is 2.77. The topological polar surface area (TPSA) is 83.5 Å². The second kappa shape index (κ2) is 9.23. The first kappa shape index (κ1) is 20.4. The fraction of sp³-hybridized carbons (Fsp3) is 0.190. The summed E-state index contributed by atoms with van der Waals surface area (Å²) in [5.41, 5.74) is 0.976. The number of thioether (sulfide) groups is 1. The average Bonchev–Trinajstić information content (AvgIpc) is 2.70. The SMILES string of the molecule is O=C(O)CCc1ccc(SCCNS(=O)(=O)c2ccc3ccccc3c2)cc1. The third-order valence-electron chi connectivity index (χ3n) is 4.24. The molecule has 0 spiro atoms. The van der Waals surface area contributed by atoms with Crippen LogP contribution >= 0.6 is 11.8 Å². The van der Waals surface area contributed by atoms with Gasteiger partial charge in [-0.3, -0.25) is 4.79 Å². The number of fused-ring (bicyclic) bond motifs is 1. The molecule has 0 saturated heterocycles. The molecule has 0 aromatic heterocycles. The number of aliphatic carboxylic acids is 1. The maximum absolute atomic E-state index is 12.5. The van der Waals surface area contributed by atoms with Gasteiger partial charge >= 0.3 is 5.97 Å². The van der Waals surface area contributed by atoms with Crippen molar-refractivity contribution in [2.45, 2.75) is 22.6 Å². The maximum Gasteiger partial charge on any atom is 0.303 e. The first-order chi connectivity index (χ1) is 13.4. The summed E-state index contributed by atoms with van der Waals surface area (Å²) >= 11 is 1.55. The lowest BCUT2D eigenvalue weighted by atomic mass is 10.1. The Labute approximate surface area is 168 Å². The van der Waals surface area contributed by atoms with E-state index in [1.807, 2.05) is 54.6 Å².